The largest absolute Gasteiger partial charge is 0.545 e. The normalized spacial score (nSPS) is 11.7. The zero-order valence-electron chi connectivity index (χ0n) is 8.94. The molecule has 0 aromatic heterocycles. The third kappa shape index (κ3) is 2.11. The Morgan fingerprint density at radius 2 is 1.81 bits per heavy atom. The average molecular weight is 211 g/mol. The van der Waals surface area contributed by atoms with E-state index in [0.717, 1.165) is 16.3 Å². The third-order valence-electron chi connectivity index (χ3n) is 2.48. The third-order valence-corrected chi connectivity index (χ3v) is 2.48. The number of carboxylic acids is 1. The lowest BCUT2D eigenvalue weighted by atomic mass is 10.1. The summed E-state index contributed by atoms with van der Waals surface area (Å²) in [5.74, 6) is -1.13. The number of fused-ring (bicyclic) bond motifs is 1. The first-order valence-electron chi connectivity index (χ1n) is 5.05. The van der Waals surface area contributed by atoms with Gasteiger partial charge in [0.2, 0.25) is 0 Å². The first-order valence-corrected chi connectivity index (χ1v) is 5.05. The van der Waals surface area contributed by atoms with E-state index in [9.17, 15) is 9.90 Å². The lowest BCUT2D eigenvalue weighted by molar-refractivity contribution is -0.299. The highest BCUT2D eigenvalue weighted by Gasteiger charge is 1.95. The molecule has 2 heteroatoms. The summed E-state index contributed by atoms with van der Waals surface area (Å²) in [6.07, 6.45) is 1.61. The number of carbonyl (C=O) groups is 1. The molecule has 16 heavy (non-hydrogen) atoms. The van der Waals surface area contributed by atoms with E-state index in [-0.39, 0.29) is 5.57 Å². The molecular weight excluding hydrogens is 200 g/mol. The van der Waals surface area contributed by atoms with E-state index in [4.69, 9.17) is 0 Å². The Hall–Kier alpha value is -2.09. The number of aliphatic carboxylic acids is 1. The first kappa shape index (κ1) is 10.4. The Labute approximate surface area is 93.8 Å². The van der Waals surface area contributed by atoms with Gasteiger partial charge in [0.25, 0.3) is 0 Å². The highest BCUT2D eigenvalue weighted by Crippen LogP contribution is 2.17. The van der Waals surface area contributed by atoms with Crippen molar-refractivity contribution in [2.75, 3.05) is 0 Å². The first-order chi connectivity index (χ1) is 7.66. The van der Waals surface area contributed by atoms with Crippen molar-refractivity contribution in [1.29, 1.82) is 0 Å². The van der Waals surface area contributed by atoms with Crippen LogP contribution < -0.4 is 5.11 Å². The molecule has 0 aliphatic rings. The molecule has 0 unspecified atom stereocenters. The molecule has 2 aromatic rings. The van der Waals surface area contributed by atoms with E-state index < -0.39 is 5.97 Å². The van der Waals surface area contributed by atoms with Crippen molar-refractivity contribution in [3.05, 3.63) is 53.6 Å². The summed E-state index contributed by atoms with van der Waals surface area (Å²) in [4.78, 5) is 10.6. The van der Waals surface area contributed by atoms with E-state index in [1.54, 1.807) is 6.08 Å². The van der Waals surface area contributed by atoms with Gasteiger partial charge in [-0.05, 0) is 34.9 Å². The van der Waals surface area contributed by atoms with Gasteiger partial charge in [-0.1, -0.05) is 42.5 Å². The second kappa shape index (κ2) is 4.19. The van der Waals surface area contributed by atoms with Crippen molar-refractivity contribution < 1.29 is 9.90 Å². The van der Waals surface area contributed by atoms with E-state index >= 15 is 0 Å². The predicted octanol–water partition coefficient (Wildman–Crippen LogP) is 1.99. The highest BCUT2D eigenvalue weighted by molar-refractivity contribution is 5.91. The molecule has 0 fully saturated rings. The summed E-state index contributed by atoms with van der Waals surface area (Å²) >= 11 is 0. The van der Waals surface area contributed by atoms with Gasteiger partial charge in [0.15, 0.2) is 0 Å². The highest BCUT2D eigenvalue weighted by atomic mass is 16.4. The van der Waals surface area contributed by atoms with E-state index in [2.05, 4.69) is 0 Å². The molecule has 0 heterocycles. The van der Waals surface area contributed by atoms with Crippen LogP contribution in [0.2, 0.25) is 0 Å². The van der Waals surface area contributed by atoms with Crippen LogP contribution in [0, 0.1) is 0 Å². The molecule has 2 aromatic carbocycles. The summed E-state index contributed by atoms with van der Waals surface area (Å²) in [5.41, 5.74) is 1.11. The lowest BCUT2D eigenvalue weighted by Gasteiger charge is -2.03. The summed E-state index contributed by atoms with van der Waals surface area (Å²) in [6.45, 7) is 1.53. The number of carboxylic acid groups (broad SMARTS) is 1. The molecule has 80 valence electrons. The molecule has 0 radical (unpaired) electrons. The average Bonchev–Trinajstić information content (AvgIpc) is 2.28. The van der Waals surface area contributed by atoms with Crippen molar-refractivity contribution in [2.24, 2.45) is 0 Å². The van der Waals surface area contributed by atoms with Crippen LogP contribution in [0.4, 0.5) is 0 Å². The van der Waals surface area contributed by atoms with Gasteiger partial charge in [0.05, 0.1) is 5.97 Å². The Kier molecular flexibility index (Phi) is 2.73. The molecule has 0 aliphatic carbocycles. The van der Waals surface area contributed by atoms with Gasteiger partial charge in [-0.3, -0.25) is 0 Å². The molecule has 0 saturated heterocycles. The molecule has 2 nitrogen and oxygen atoms in total. The number of hydrogen-bond acceptors (Lipinski definition) is 2. The minimum Gasteiger partial charge on any atom is -0.545 e. The lowest BCUT2D eigenvalue weighted by Crippen LogP contribution is -2.22. The van der Waals surface area contributed by atoms with Gasteiger partial charge in [0, 0.05) is 0 Å². The van der Waals surface area contributed by atoms with Gasteiger partial charge in [-0.15, -0.1) is 0 Å². The van der Waals surface area contributed by atoms with E-state index in [1.165, 1.54) is 6.92 Å². The van der Waals surface area contributed by atoms with E-state index in [1.807, 2.05) is 42.5 Å². The minimum absolute atomic E-state index is 0.232. The van der Waals surface area contributed by atoms with Crippen molar-refractivity contribution in [1.82, 2.24) is 0 Å². The fourth-order valence-electron chi connectivity index (χ4n) is 1.61. The number of rotatable bonds is 2. The Balaban J connectivity index is 2.47. The summed E-state index contributed by atoms with van der Waals surface area (Å²) in [5, 5.41) is 12.8. The maximum Gasteiger partial charge on any atom is 0.0672 e. The van der Waals surface area contributed by atoms with Crippen molar-refractivity contribution in [3.63, 3.8) is 0 Å². The minimum atomic E-state index is -1.13. The fraction of sp³-hybridized carbons (Fsp3) is 0.0714. The Bertz CT molecular complexity index is 568. The SMILES string of the molecule is C/C(=C\c1ccc2ccccc2c1)C(=O)[O-]. The summed E-state index contributed by atoms with van der Waals surface area (Å²) in [7, 11) is 0. The standard InChI is InChI=1S/C14H12O2/c1-10(14(15)16)8-11-6-7-12-4-2-3-5-13(12)9-11/h2-9H,1H3,(H,15,16)/p-1/b10-8+. The molecule has 0 N–H and O–H groups in total. The second-order valence-electron chi connectivity index (χ2n) is 3.72. The topological polar surface area (TPSA) is 40.1 Å². The number of carbonyl (C=O) groups excluding carboxylic acids is 1. The van der Waals surface area contributed by atoms with Gasteiger partial charge in [-0.2, -0.15) is 0 Å². The van der Waals surface area contributed by atoms with Gasteiger partial charge in [0.1, 0.15) is 0 Å². The summed E-state index contributed by atoms with van der Waals surface area (Å²) in [6, 6.07) is 13.8. The zero-order valence-corrected chi connectivity index (χ0v) is 8.94. The molecule has 0 amide bonds. The van der Waals surface area contributed by atoms with Crippen molar-refractivity contribution in [3.8, 4) is 0 Å². The van der Waals surface area contributed by atoms with Crippen LogP contribution in [0.15, 0.2) is 48.0 Å². The van der Waals surface area contributed by atoms with Crippen molar-refractivity contribution in [2.45, 2.75) is 6.92 Å². The van der Waals surface area contributed by atoms with Gasteiger partial charge < -0.3 is 9.90 Å². The molecule has 2 rings (SSSR count). The number of hydrogen-bond donors (Lipinski definition) is 0. The van der Waals surface area contributed by atoms with Crippen LogP contribution in [0.3, 0.4) is 0 Å². The molecule has 0 spiro atoms. The van der Waals surface area contributed by atoms with Crippen LogP contribution in [-0.4, -0.2) is 5.97 Å². The molecule has 0 aliphatic heterocycles. The fourth-order valence-corrected chi connectivity index (χ4v) is 1.61. The monoisotopic (exact) mass is 211 g/mol. The van der Waals surface area contributed by atoms with Gasteiger partial charge >= 0.3 is 0 Å². The van der Waals surface area contributed by atoms with Crippen LogP contribution in [0.5, 0.6) is 0 Å². The molecule has 0 bridgehead atoms. The van der Waals surface area contributed by atoms with Crippen LogP contribution in [0.1, 0.15) is 12.5 Å². The predicted molar refractivity (Wildman–Crippen MR) is 62.6 cm³/mol. The second-order valence-corrected chi connectivity index (χ2v) is 3.72. The smallest absolute Gasteiger partial charge is 0.0672 e. The Morgan fingerprint density at radius 3 is 2.50 bits per heavy atom. The maximum atomic E-state index is 10.6. The summed E-state index contributed by atoms with van der Waals surface area (Å²) < 4.78 is 0. The van der Waals surface area contributed by atoms with Crippen LogP contribution in [-0.2, 0) is 4.79 Å². The molecule has 0 saturated carbocycles. The van der Waals surface area contributed by atoms with Crippen LogP contribution in [0.25, 0.3) is 16.8 Å². The van der Waals surface area contributed by atoms with Gasteiger partial charge in [-0.25, -0.2) is 0 Å². The van der Waals surface area contributed by atoms with Crippen molar-refractivity contribution >= 4 is 22.8 Å². The zero-order chi connectivity index (χ0) is 11.5. The number of benzene rings is 2. The molecule has 0 atom stereocenters. The quantitative estimate of drug-likeness (QED) is 0.713. The van der Waals surface area contributed by atoms with E-state index in [0.29, 0.717) is 0 Å². The maximum absolute atomic E-state index is 10.6. The molecular formula is C14H11O2-. The van der Waals surface area contributed by atoms with Crippen LogP contribution >= 0.6 is 0 Å². The Morgan fingerprint density at radius 1 is 1.12 bits per heavy atom.